The number of benzene rings is 2. The third-order valence-corrected chi connectivity index (χ3v) is 6.79. The van der Waals surface area contributed by atoms with Crippen LogP contribution in [0.1, 0.15) is 68.4 Å². The van der Waals surface area contributed by atoms with E-state index in [1.165, 1.54) is 49.9 Å². The maximum Gasteiger partial charge on any atom is 0.119 e. The standard InChI is InChI=1S/C26H35NO2/c28-26(16-6-2-7-17-26)25(20-27-18-8-3-9-19-27)23-12-14-24(15-13-23)29-21-22-10-4-1-5-11-22/h1,4-5,10-15,25,28H,2-3,6-9,16-21H2. The highest BCUT2D eigenvalue weighted by atomic mass is 16.5. The minimum absolute atomic E-state index is 0.184. The van der Waals surface area contributed by atoms with Crippen molar-refractivity contribution < 1.29 is 9.84 Å². The summed E-state index contributed by atoms with van der Waals surface area (Å²) in [6, 6.07) is 18.8. The van der Waals surface area contributed by atoms with Crippen LogP contribution in [0.4, 0.5) is 0 Å². The molecule has 1 saturated heterocycles. The number of hydrogen-bond acceptors (Lipinski definition) is 3. The minimum Gasteiger partial charge on any atom is -0.489 e. The quantitative estimate of drug-likeness (QED) is 0.671. The van der Waals surface area contributed by atoms with Gasteiger partial charge in [0.2, 0.25) is 0 Å². The van der Waals surface area contributed by atoms with Crippen molar-refractivity contribution in [3.05, 3.63) is 65.7 Å². The summed E-state index contributed by atoms with van der Waals surface area (Å²) in [4.78, 5) is 2.57. The van der Waals surface area contributed by atoms with Crippen LogP contribution in [0, 0.1) is 0 Å². The van der Waals surface area contributed by atoms with Gasteiger partial charge in [0, 0.05) is 12.5 Å². The molecule has 3 nitrogen and oxygen atoms in total. The zero-order valence-corrected chi connectivity index (χ0v) is 17.6. The Labute approximate surface area is 175 Å². The third-order valence-electron chi connectivity index (χ3n) is 6.79. The van der Waals surface area contributed by atoms with E-state index >= 15 is 0 Å². The Balaban J connectivity index is 1.47. The number of hydrogen-bond donors (Lipinski definition) is 1. The summed E-state index contributed by atoms with van der Waals surface area (Å²) >= 11 is 0. The Morgan fingerprint density at radius 1 is 0.828 bits per heavy atom. The van der Waals surface area contributed by atoms with Crippen LogP contribution in [-0.2, 0) is 6.61 Å². The highest BCUT2D eigenvalue weighted by molar-refractivity contribution is 5.32. The molecule has 1 unspecified atom stereocenters. The Hall–Kier alpha value is -1.84. The smallest absolute Gasteiger partial charge is 0.119 e. The van der Waals surface area contributed by atoms with Gasteiger partial charge in [0.1, 0.15) is 12.4 Å². The van der Waals surface area contributed by atoms with Crippen LogP contribution in [0.5, 0.6) is 5.75 Å². The van der Waals surface area contributed by atoms with Crippen molar-refractivity contribution in [1.29, 1.82) is 0 Å². The van der Waals surface area contributed by atoms with Gasteiger partial charge in [0.25, 0.3) is 0 Å². The molecule has 1 aliphatic carbocycles. The van der Waals surface area contributed by atoms with Gasteiger partial charge >= 0.3 is 0 Å². The summed E-state index contributed by atoms with van der Waals surface area (Å²) in [6.07, 6.45) is 9.32. The summed E-state index contributed by atoms with van der Waals surface area (Å²) in [6.45, 7) is 3.90. The van der Waals surface area contributed by atoms with Crippen molar-refractivity contribution in [3.8, 4) is 5.75 Å². The van der Waals surface area contributed by atoms with Gasteiger partial charge in [-0.1, -0.05) is 68.1 Å². The predicted molar refractivity (Wildman–Crippen MR) is 118 cm³/mol. The molecule has 156 valence electrons. The molecule has 1 N–H and O–H groups in total. The SMILES string of the molecule is OC1(C(CN2CCCCC2)c2ccc(OCc3ccccc3)cc2)CCCCC1. The molecule has 4 rings (SSSR count). The van der Waals surface area contributed by atoms with E-state index in [0.717, 1.165) is 38.0 Å². The minimum atomic E-state index is -0.567. The van der Waals surface area contributed by atoms with Gasteiger partial charge in [0.15, 0.2) is 0 Å². The molecule has 0 amide bonds. The number of ether oxygens (including phenoxy) is 1. The van der Waals surface area contributed by atoms with Gasteiger partial charge in [0.05, 0.1) is 5.60 Å². The number of rotatable bonds is 7. The lowest BCUT2D eigenvalue weighted by Crippen LogP contribution is -2.45. The summed E-state index contributed by atoms with van der Waals surface area (Å²) in [5.74, 6) is 1.08. The second kappa shape index (κ2) is 9.77. The maximum atomic E-state index is 11.6. The molecule has 29 heavy (non-hydrogen) atoms. The highest BCUT2D eigenvalue weighted by Gasteiger charge is 2.39. The molecule has 1 saturated carbocycles. The van der Waals surface area contributed by atoms with Crippen molar-refractivity contribution in [2.24, 2.45) is 0 Å². The van der Waals surface area contributed by atoms with Gasteiger partial charge in [-0.25, -0.2) is 0 Å². The maximum absolute atomic E-state index is 11.6. The topological polar surface area (TPSA) is 32.7 Å². The Kier molecular flexibility index (Phi) is 6.89. The van der Waals surface area contributed by atoms with Crippen LogP contribution in [0.15, 0.2) is 54.6 Å². The van der Waals surface area contributed by atoms with Gasteiger partial charge in [-0.05, 0) is 62.0 Å². The zero-order valence-electron chi connectivity index (χ0n) is 17.6. The van der Waals surface area contributed by atoms with E-state index in [4.69, 9.17) is 4.74 Å². The molecule has 1 aliphatic heterocycles. The van der Waals surface area contributed by atoms with E-state index in [1.807, 2.05) is 18.2 Å². The first-order chi connectivity index (χ1) is 14.2. The van der Waals surface area contributed by atoms with Crippen LogP contribution in [0.3, 0.4) is 0 Å². The normalized spacial score (nSPS) is 20.9. The first-order valence-electron chi connectivity index (χ1n) is 11.4. The van der Waals surface area contributed by atoms with Crippen molar-refractivity contribution in [2.45, 2.75) is 69.5 Å². The number of aliphatic hydroxyl groups is 1. The average Bonchev–Trinajstić information content (AvgIpc) is 2.78. The summed E-state index contributed by atoms with van der Waals surface area (Å²) in [5.41, 5.74) is 1.87. The van der Waals surface area contributed by atoms with Crippen LogP contribution in [0.2, 0.25) is 0 Å². The van der Waals surface area contributed by atoms with Crippen LogP contribution in [0.25, 0.3) is 0 Å². The van der Waals surface area contributed by atoms with E-state index < -0.39 is 5.60 Å². The molecule has 2 aliphatic rings. The molecule has 0 spiro atoms. The largest absolute Gasteiger partial charge is 0.489 e. The van der Waals surface area contributed by atoms with Crippen molar-refractivity contribution in [1.82, 2.24) is 4.90 Å². The van der Waals surface area contributed by atoms with E-state index in [9.17, 15) is 5.11 Å². The molecule has 2 aromatic rings. The fourth-order valence-corrected chi connectivity index (χ4v) is 5.04. The van der Waals surface area contributed by atoms with Crippen molar-refractivity contribution in [3.63, 3.8) is 0 Å². The second-order valence-corrected chi connectivity index (χ2v) is 8.92. The molecule has 1 atom stereocenters. The third kappa shape index (κ3) is 5.40. The van der Waals surface area contributed by atoms with E-state index in [-0.39, 0.29) is 5.92 Å². The first kappa shape index (κ1) is 20.4. The fraction of sp³-hybridized carbons (Fsp3) is 0.538. The Morgan fingerprint density at radius 3 is 2.17 bits per heavy atom. The van der Waals surface area contributed by atoms with Gasteiger partial charge in [-0.3, -0.25) is 0 Å². The average molecular weight is 394 g/mol. The Morgan fingerprint density at radius 2 is 1.48 bits per heavy atom. The molecule has 0 aromatic heterocycles. The predicted octanol–water partition coefficient (Wildman–Crippen LogP) is 5.53. The summed E-state index contributed by atoms with van der Waals surface area (Å²) in [5, 5.41) is 11.6. The molecular formula is C26H35NO2. The summed E-state index contributed by atoms with van der Waals surface area (Å²) in [7, 11) is 0. The number of nitrogens with zero attached hydrogens (tertiary/aromatic N) is 1. The molecule has 2 aromatic carbocycles. The molecule has 0 radical (unpaired) electrons. The molecule has 0 bridgehead atoms. The highest BCUT2D eigenvalue weighted by Crippen LogP contribution is 2.41. The molecule has 3 heteroatoms. The monoisotopic (exact) mass is 393 g/mol. The van der Waals surface area contributed by atoms with Crippen LogP contribution >= 0.6 is 0 Å². The van der Waals surface area contributed by atoms with Gasteiger partial charge in [-0.2, -0.15) is 0 Å². The van der Waals surface area contributed by atoms with Crippen LogP contribution < -0.4 is 4.74 Å². The van der Waals surface area contributed by atoms with E-state index in [0.29, 0.717) is 6.61 Å². The van der Waals surface area contributed by atoms with Crippen LogP contribution in [-0.4, -0.2) is 35.2 Å². The van der Waals surface area contributed by atoms with Crippen molar-refractivity contribution >= 4 is 0 Å². The summed E-state index contributed by atoms with van der Waals surface area (Å²) < 4.78 is 5.97. The molecule has 1 heterocycles. The fourth-order valence-electron chi connectivity index (χ4n) is 5.04. The van der Waals surface area contributed by atoms with E-state index in [2.05, 4.69) is 41.3 Å². The van der Waals surface area contributed by atoms with Gasteiger partial charge in [-0.15, -0.1) is 0 Å². The van der Waals surface area contributed by atoms with Gasteiger partial charge < -0.3 is 14.7 Å². The molecular weight excluding hydrogens is 358 g/mol. The van der Waals surface area contributed by atoms with E-state index in [1.54, 1.807) is 0 Å². The number of likely N-dealkylation sites (tertiary alicyclic amines) is 1. The van der Waals surface area contributed by atoms with Crippen molar-refractivity contribution in [2.75, 3.05) is 19.6 Å². The first-order valence-corrected chi connectivity index (χ1v) is 11.4. The lowest BCUT2D eigenvalue weighted by molar-refractivity contribution is -0.0321. The molecule has 2 fully saturated rings. The zero-order chi connectivity index (χ0) is 19.9. The number of piperidine rings is 1. The Bertz CT molecular complexity index is 731. The lowest BCUT2D eigenvalue weighted by Gasteiger charge is -2.42. The second-order valence-electron chi connectivity index (χ2n) is 8.92. The lowest BCUT2D eigenvalue weighted by atomic mass is 9.72.